The van der Waals surface area contributed by atoms with Crippen molar-refractivity contribution in [3.63, 3.8) is 0 Å². The Morgan fingerprint density at radius 2 is 2.32 bits per heavy atom. The highest BCUT2D eigenvalue weighted by atomic mass is 35.5. The first kappa shape index (κ1) is 14.0. The van der Waals surface area contributed by atoms with Gasteiger partial charge in [0, 0.05) is 24.7 Å². The number of nitro benzene ring substituents is 1. The molecule has 2 unspecified atom stereocenters. The van der Waals surface area contributed by atoms with Crippen LogP contribution in [0.2, 0.25) is 5.02 Å². The molecule has 5 nitrogen and oxygen atoms in total. The lowest BCUT2D eigenvalue weighted by Gasteiger charge is -2.23. The van der Waals surface area contributed by atoms with E-state index >= 15 is 0 Å². The van der Waals surface area contributed by atoms with Gasteiger partial charge >= 0.3 is 0 Å². The normalized spacial score (nSPS) is 22.8. The smallest absolute Gasteiger partial charge is 0.294 e. The number of hydrogen-bond donors (Lipinski definition) is 1. The molecule has 1 aromatic rings. The van der Waals surface area contributed by atoms with Crippen LogP contribution in [0.25, 0.3) is 0 Å². The van der Waals surface area contributed by atoms with Gasteiger partial charge in [-0.05, 0) is 25.8 Å². The van der Waals surface area contributed by atoms with Gasteiger partial charge in [-0.2, -0.15) is 0 Å². The molecule has 1 fully saturated rings. The van der Waals surface area contributed by atoms with Gasteiger partial charge in [0.25, 0.3) is 5.69 Å². The molecule has 2 rings (SSSR count). The highest BCUT2D eigenvalue weighted by Gasteiger charge is 2.33. The van der Waals surface area contributed by atoms with Crippen LogP contribution in [-0.4, -0.2) is 24.1 Å². The van der Waals surface area contributed by atoms with Gasteiger partial charge in [0.05, 0.1) is 9.95 Å². The van der Waals surface area contributed by atoms with Gasteiger partial charge in [-0.1, -0.05) is 11.6 Å². The fourth-order valence-corrected chi connectivity index (χ4v) is 2.71. The molecule has 1 aliphatic heterocycles. The average Bonchev–Trinajstić information content (AvgIpc) is 2.73. The summed E-state index contributed by atoms with van der Waals surface area (Å²) in [6, 6.07) is 2.29. The van der Waals surface area contributed by atoms with E-state index in [1.165, 1.54) is 0 Å². The second-order valence-corrected chi connectivity index (χ2v) is 5.26. The molecule has 0 spiro atoms. The van der Waals surface area contributed by atoms with Crippen molar-refractivity contribution >= 4 is 23.0 Å². The number of halogens is 2. The van der Waals surface area contributed by atoms with Crippen LogP contribution >= 0.6 is 11.6 Å². The summed E-state index contributed by atoms with van der Waals surface area (Å²) < 4.78 is 13.6. The zero-order valence-electron chi connectivity index (χ0n) is 10.5. The second-order valence-electron chi connectivity index (χ2n) is 4.85. The molecule has 0 bridgehead atoms. The summed E-state index contributed by atoms with van der Waals surface area (Å²) in [5.41, 5.74) is 5.74. The Morgan fingerprint density at radius 3 is 2.84 bits per heavy atom. The minimum Gasteiger partial charge on any atom is -0.363 e. The number of hydrogen-bond acceptors (Lipinski definition) is 4. The Kier molecular flexibility index (Phi) is 3.91. The van der Waals surface area contributed by atoms with Crippen LogP contribution in [0.5, 0.6) is 0 Å². The van der Waals surface area contributed by atoms with E-state index in [-0.39, 0.29) is 28.4 Å². The Hall–Kier alpha value is -1.40. The molecule has 1 saturated heterocycles. The molecule has 2 atom stereocenters. The van der Waals surface area contributed by atoms with E-state index in [2.05, 4.69) is 0 Å². The van der Waals surface area contributed by atoms with Crippen molar-refractivity contribution in [1.82, 2.24) is 0 Å². The molecular weight excluding hydrogens is 273 g/mol. The standard InChI is InChI=1S/C12H15ClFN3O2/c1-7-2-8(5-15)6-16(7)11-4-10(14)9(13)3-12(11)17(18)19/h3-4,7-8H,2,5-6,15H2,1H3. The fourth-order valence-electron chi connectivity index (χ4n) is 2.55. The largest absolute Gasteiger partial charge is 0.363 e. The van der Waals surface area contributed by atoms with Crippen LogP contribution in [-0.2, 0) is 0 Å². The zero-order valence-corrected chi connectivity index (χ0v) is 11.2. The molecule has 0 amide bonds. The Labute approximate surface area is 115 Å². The Morgan fingerprint density at radius 1 is 1.63 bits per heavy atom. The maximum Gasteiger partial charge on any atom is 0.294 e. The quantitative estimate of drug-likeness (QED) is 0.685. The lowest BCUT2D eigenvalue weighted by Crippen LogP contribution is -2.28. The van der Waals surface area contributed by atoms with Gasteiger partial charge in [-0.15, -0.1) is 0 Å². The predicted octanol–water partition coefficient (Wildman–Crippen LogP) is 2.56. The first-order valence-corrected chi connectivity index (χ1v) is 6.42. The topological polar surface area (TPSA) is 72.4 Å². The molecule has 0 radical (unpaired) electrons. The van der Waals surface area contributed by atoms with Gasteiger partial charge < -0.3 is 10.6 Å². The van der Waals surface area contributed by atoms with Crippen LogP contribution in [0, 0.1) is 21.8 Å². The lowest BCUT2D eigenvalue weighted by atomic mass is 10.1. The van der Waals surface area contributed by atoms with Crippen molar-refractivity contribution in [3.8, 4) is 0 Å². The number of rotatable bonds is 3. The van der Waals surface area contributed by atoms with Gasteiger partial charge in [0.2, 0.25) is 0 Å². The molecule has 7 heteroatoms. The van der Waals surface area contributed by atoms with Crippen molar-refractivity contribution < 1.29 is 9.31 Å². The molecule has 0 aliphatic carbocycles. The zero-order chi connectivity index (χ0) is 14.2. The molecule has 0 saturated carbocycles. The number of anilines is 1. The van der Waals surface area contributed by atoms with Crippen LogP contribution < -0.4 is 10.6 Å². The summed E-state index contributed by atoms with van der Waals surface area (Å²) in [6.45, 7) is 3.07. The summed E-state index contributed by atoms with van der Waals surface area (Å²) in [4.78, 5) is 12.4. The van der Waals surface area contributed by atoms with Crippen LogP contribution in [0.4, 0.5) is 15.8 Å². The van der Waals surface area contributed by atoms with E-state index in [9.17, 15) is 14.5 Å². The first-order valence-electron chi connectivity index (χ1n) is 6.04. The van der Waals surface area contributed by atoms with Gasteiger partial charge in [0.15, 0.2) is 0 Å². The van der Waals surface area contributed by atoms with Crippen molar-refractivity contribution in [2.75, 3.05) is 18.0 Å². The minimum atomic E-state index is -0.648. The van der Waals surface area contributed by atoms with E-state index in [1.807, 2.05) is 11.8 Å². The highest BCUT2D eigenvalue weighted by Crippen LogP contribution is 2.37. The van der Waals surface area contributed by atoms with Crippen LogP contribution in [0.1, 0.15) is 13.3 Å². The van der Waals surface area contributed by atoms with E-state index in [4.69, 9.17) is 17.3 Å². The predicted molar refractivity (Wildman–Crippen MR) is 72.0 cm³/mol. The van der Waals surface area contributed by atoms with Crippen LogP contribution in [0.15, 0.2) is 12.1 Å². The molecule has 2 N–H and O–H groups in total. The maximum atomic E-state index is 13.6. The molecule has 1 heterocycles. The van der Waals surface area contributed by atoms with Crippen LogP contribution in [0.3, 0.4) is 0 Å². The maximum absolute atomic E-state index is 13.6. The summed E-state index contributed by atoms with van der Waals surface area (Å²) in [5.74, 6) is -0.376. The van der Waals surface area contributed by atoms with Gasteiger partial charge in [-0.25, -0.2) is 4.39 Å². The summed E-state index contributed by atoms with van der Waals surface area (Å²) in [7, 11) is 0. The monoisotopic (exact) mass is 287 g/mol. The SMILES string of the molecule is CC1CC(CN)CN1c1cc(F)c(Cl)cc1[N+](=O)[O-]. The minimum absolute atomic E-state index is 0.0906. The molecule has 0 aromatic heterocycles. The molecule has 1 aromatic carbocycles. The Bertz CT molecular complexity index is 512. The van der Waals surface area contributed by atoms with E-state index in [1.54, 1.807) is 0 Å². The lowest BCUT2D eigenvalue weighted by molar-refractivity contribution is -0.384. The molecular formula is C12H15ClFN3O2. The second kappa shape index (κ2) is 5.30. The third kappa shape index (κ3) is 2.64. The van der Waals surface area contributed by atoms with Crippen molar-refractivity contribution in [2.24, 2.45) is 11.7 Å². The first-order chi connectivity index (χ1) is 8.93. The number of benzene rings is 1. The fraction of sp³-hybridized carbons (Fsp3) is 0.500. The Balaban J connectivity index is 2.44. The van der Waals surface area contributed by atoms with Gasteiger partial charge in [0.1, 0.15) is 11.5 Å². The summed E-state index contributed by atoms with van der Waals surface area (Å²) in [6.07, 6.45) is 0.845. The number of nitrogens with two attached hydrogens (primary N) is 1. The number of nitrogens with zero attached hydrogens (tertiary/aromatic N) is 2. The molecule has 19 heavy (non-hydrogen) atoms. The summed E-state index contributed by atoms with van der Waals surface area (Å²) >= 11 is 5.61. The average molecular weight is 288 g/mol. The van der Waals surface area contributed by atoms with Crippen molar-refractivity contribution in [2.45, 2.75) is 19.4 Å². The van der Waals surface area contributed by atoms with Crippen molar-refractivity contribution in [1.29, 1.82) is 0 Å². The van der Waals surface area contributed by atoms with E-state index in [0.29, 0.717) is 13.1 Å². The number of nitro groups is 1. The van der Waals surface area contributed by atoms with Crippen molar-refractivity contribution in [3.05, 3.63) is 33.1 Å². The van der Waals surface area contributed by atoms with E-state index in [0.717, 1.165) is 18.6 Å². The highest BCUT2D eigenvalue weighted by molar-refractivity contribution is 6.31. The van der Waals surface area contributed by atoms with E-state index < -0.39 is 10.7 Å². The third-order valence-corrected chi connectivity index (χ3v) is 3.81. The summed E-state index contributed by atoms with van der Waals surface area (Å²) in [5, 5.41) is 10.8. The van der Waals surface area contributed by atoms with Gasteiger partial charge in [-0.3, -0.25) is 10.1 Å². The molecule has 104 valence electrons. The third-order valence-electron chi connectivity index (χ3n) is 3.52. The molecule has 1 aliphatic rings.